The molecule has 10 heteroatoms. The van der Waals surface area contributed by atoms with Gasteiger partial charge in [-0.05, 0) is 30.9 Å². The van der Waals surface area contributed by atoms with Crippen LogP contribution in [0.3, 0.4) is 0 Å². The van der Waals surface area contributed by atoms with Gasteiger partial charge in [0.1, 0.15) is 23.0 Å². The molecule has 0 saturated carbocycles. The number of carbonyl (C=O) groups is 2. The summed E-state index contributed by atoms with van der Waals surface area (Å²) < 4.78 is 42.6. The molecule has 2 rings (SSSR count). The second kappa shape index (κ2) is 11.4. The lowest BCUT2D eigenvalue weighted by Gasteiger charge is -2.20. The maximum absolute atomic E-state index is 13.7. The van der Waals surface area contributed by atoms with Gasteiger partial charge < -0.3 is 25.7 Å². The van der Waals surface area contributed by atoms with Crippen LogP contribution >= 0.6 is 0 Å². The number of nitrogens with two attached hydrogens (primary N) is 2. The van der Waals surface area contributed by atoms with E-state index in [1.54, 1.807) is 0 Å². The van der Waals surface area contributed by atoms with Gasteiger partial charge in [-0.1, -0.05) is 6.07 Å². The normalized spacial score (nSPS) is 16.2. The van der Waals surface area contributed by atoms with Gasteiger partial charge in [-0.3, -0.25) is 9.79 Å². The number of Topliss-reactive ketones (excluding diaryl/α,β-unsaturated/α-hetero) is 1. The first-order chi connectivity index (χ1) is 14.3. The molecule has 1 fully saturated rings. The fraction of sp³-hybridized carbons (Fsp3) is 0.450. The topological polar surface area (TPSA) is 126 Å². The standard InChI is InChI=1S/C20H25F2N3O5/c1-28-10-15(23)18(19(24)25-9-12-5-7-29-8-6-12)20(27)30-11-16(26)17-13(21)3-2-4-14(17)22/h2-4,12H,5-11,23H2,1H3,(H2,24,25). The molecule has 30 heavy (non-hydrogen) atoms. The van der Waals surface area contributed by atoms with Gasteiger partial charge in [0.25, 0.3) is 0 Å². The van der Waals surface area contributed by atoms with Crippen LogP contribution in [0.1, 0.15) is 23.2 Å². The highest BCUT2D eigenvalue weighted by atomic mass is 19.1. The monoisotopic (exact) mass is 425 g/mol. The van der Waals surface area contributed by atoms with Crippen molar-refractivity contribution in [2.75, 3.05) is 40.1 Å². The van der Waals surface area contributed by atoms with Crippen molar-refractivity contribution in [2.24, 2.45) is 22.4 Å². The number of hydrogen-bond donors (Lipinski definition) is 2. The average Bonchev–Trinajstić information content (AvgIpc) is 2.71. The molecular weight excluding hydrogens is 400 g/mol. The summed E-state index contributed by atoms with van der Waals surface area (Å²) in [6.45, 7) is 0.601. The molecule has 1 heterocycles. The van der Waals surface area contributed by atoms with Gasteiger partial charge in [-0.25, -0.2) is 13.6 Å². The van der Waals surface area contributed by atoms with Gasteiger partial charge in [-0.2, -0.15) is 0 Å². The smallest absolute Gasteiger partial charge is 0.344 e. The minimum atomic E-state index is -1.05. The number of methoxy groups -OCH3 is 1. The van der Waals surface area contributed by atoms with Crippen LogP contribution in [0.25, 0.3) is 0 Å². The SMILES string of the molecule is COCC(N)=C(C(=O)OCC(=O)c1c(F)cccc1F)C(N)=NCC1CCOCC1. The fourth-order valence-electron chi connectivity index (χ4n) is 2.90. The Morgan fingerprint density at radius 1 is 1.17 bits per heavy atom. The highest BCUT2D eigenvalue weighted by molar-refractivity contribution is 6.19. The van der Waals surface area contributed by atoms with E-state index in [9.17, 15) is 18.4 Å². The molecule has 0 aliphatic carbocycles. The molecule has 0 spiro atoms. The molecule has 0 amide bonds. The van der Waals surface area contributed by atoms with E-state index in [-0.39, 0.29) is 29.6 Å². The van der Waals surface area contributed by atoms with Gasteiger partial charge in [0.2, 0.25) is 5.78 Å². The number of nitrogens with zero attached hydrogens (tertiary/aromatic N) is 1. The molecular formula is C20H25F2N3O5. The van der Waals surface area contributed by atoms with E-state index in [0.717, 1.165) is 31.0 Å². The third-order valence-electron chi connectivity index (χ3n) is 4.52. The molecule has 4 N–H and O–H groups in total. The summed E-state index contributed by atoms with van der Waals surface area (Å²) in [5.41, 5.74) is 10.7. The van der Waals surface area contributed by atoms with E-state index < -0.39 is 35.6 Å². The first-order valence-corrected chi connectivity index (χ1v) is 9.35. The molecule has 1 saturated heterocycles. The largest absolute Gasteiger partial charge is 0.454 e. The van der Waals surface area contributed by atoms with E-state index in [4.69, 9.17) is 25.7 Å². The van der Waals surface area contributed by atoms with Crippen molar-refractivity contribution < 1.29 is 32.6 Å². The third-order valence-corrected chi connectivity index (χ3v) is 4.52. The molecule has 8 nitrogen and oxygen atoms in total. The van der Waals surface area contributed by atoms with E-state index >= 15 is 0 Å². The first kappa shape index (κ1) is 23.4. The Labute approximate surface area is 172 Å². The summed E-state index contributed by atoms with van der Waals surface area (Å²) in [5.74, 6) is -4.09. The van der Waals surface area contributed by atoms with Crippen LogP contribution in [0, 0.1) is 17.6 Å². The molecule has 0 unspecified atom stereocenters. The zero-order valence-corrected chi connectivity index (χ0v) is 16.7. The van der Waals surface area contributed by atoms with Crippen molar-refractivity contribution in [3.8, 4) is 0 Å². The molecule has 1 aromatic rings. The van der Waals surface area contributed by atoms with Crippen LogP contribution < -0.4 is 11.5 Å². The predicted octanol–water partition coefficient (Wildman–Crippen LogP) is 1.33. The van der Waals surface area contributed by atoms with Gasteiger partial charge in [0.05, 0.1) is 17.9 Å². The third kappa shape index (κ3) is 6.33. The van der Waals surface area contributed by atoms with Crippen molar-refractivity contribution >= 4 is 17.6 Å². The summed E-state index contributed by atoms with van der Waals surface area (Å²) in [5, 5.41) is 0. The minimum absolute atomic E-state index is 0.0414. The second-order valence-corrected chi connectivity index (χ2v) is 6.71. The van der Waals surface area contributed by atoms with E-state index in [0.29, 0.717) is 19.8 Å². The maximum Gasteiger partial charge on any atom is 0.344 e. The van der Waals surface area contributed by atoms with E-state index in [2.05, 4.69) is 4.99 Å². The number of halogens is 2. The molecule has 0 bridgehead atoms. The zero-order chi connectivity index (χ0) is 22.1. The lowest BCUT2D eigenvalue weighted by Crippen LogP contribution is -2.30. The number of carbonyl (C=O) groups excluding carboxylic acids is 2. The molecule has 164 valence electrons. The molecule has 0 aromatic heterocycles. The van der Waals surface area contributed by atoms with Gasteiger partial charge in [-0.15, -0.1) is 0 Å². The summed E-state index contributed by atoms with van der Waals surface area (Å²) in [4.78, 5) is 28.9. The highest BCUT2D eigenvalue weighted by Crippen LogP contribution is 2.16. The molecule has 0 atom stereocenters. The van der Waals surface area contributed by atoms with Crippen LogP contribution in [0.15, 0.2) is 34.5 Å². The Morgan fingerprint density at radius 3 is 2.40 bits per heavy atom. The quantitative estimate of drug-likeness (QED) is 0.201. The lowest BCUT2D eigenvalue weighted by molar-refractivity contribution is -0.137. The summed E-state index contributed by atoms with van der Waals surface area (Å²) in [6, 6.07) is 2.98. The minimum Gasteiger partial charge on any atom is -0.454 e. The van der Waals surface area contributed by atoms with Gasteiger partial charge in [0.15, 0.2) is 6.61 Å². The predicted molar refractivity (Wildman–Crippen MR) is 105 cm³/mol. The van der Waals surface area contributed by atoms with Crippen LogP contribution in [-0.2, 0) is 19.0 Å². The fourth-order valence-corrected chi connectivity index (χ4v) is 2.90. The van der Waals surface area contributed by atoms with Crippen molar-refractivity contribution in [1.29, 1.82) is 0 Å². The van der Waals surface area contributed by atoms with Crippen molar-refractivity contribution in [2.45, 2.75) is 12.8 Å². The Bertz CT molecular complexity index is 815. The second-order valence-electron chi connectivity index (χ2n) is 6.71. The van der Waals surface area contributed by atoms with Crippen LogP contribution in [0.2, 0.25) is 0 Å². The molecule has 0 radical (unpaired) electrons. The van der Waals surface area contributed by atoms with E-state index in [1.807, 2.05) is 0 Å². The number of rotatable bonds is 9. The number of aliphatic imine (C=N–C) groups is 1. The number of ether oxygens (including phenoxy) is 3. The number of benzene rings is 1. The number of esters is 1. The van der Waals surface area contributed by atoms with Crippen molar-refractivity contribution in [1.82, 2.24) is 0 Å². The average molecular weight is 425 g/mol. The number of hydrogen-bond acceptors (Lipinski definition) is 7. The Kier molecular flexibility index (Phi) is 8.88. The van der Waals surface area contributed by atoms with Crippen LogP contribution in [-0.4, -0.2) is 57.7 Å². The van der Waals surface area contributed by atoms with Crippen LogP contribution in [0.5, 0.6) is 0 Å². The van der Waals surface area contributed by atoms with E-state index in [1.165, 1.54) is 7.11 Å². The summed E-state index contributed by atoms with van der Waals surface area (Å²) in [6.07, 6.45) is 1.63. The lowest BCUT2D eigenvalue weighted by atomic mass is 10.0. The van der Waals surface area contributed by atoms with Crippen molar-refractivity contribution in [3.05, 3.63) is 46.7 Å². The highest BCUT2D eigenvalue weighted by Gasteiger charge is 2.24. The van der Waals surface area contributed by atoms with Gasteiger partial charge in [0, 0.05) is 26.9 Å². The number of ketones is 1. The number of amidine groups is 1. The molecule has 1 aliphatic heterocycles. The Balaban J connectivity index is 2.11. The van der Waals surface area contributed by atoms with Crippen LogP contribution in [0.4, 0.5) is 8.78 Å². The Hall–Kier alpha value is -2.85. The maximum atomic E-state index is 13.7. The summed E-state index contributed by atoms with van der Waals surface area (Å²) >= 11 is 0. The molecule has 1 aromatic carbocycles. The van der Waals surface area contributed by atoms with Crippen molar-refractivity contribution in [3.63, 3.8) is 0 Å². The zero-order valence-electron chi connectivity index (χ0n) is 16.7. The first-order valence-electron chi connectivity index (χ1n) is 9.35. The van der Waals surface area contributed by atoms with Gasteiger partial charge >= 0.3 is 5.97 Å². The summed E-state index contributed by atoms with van der Waals surface area (Å²) in [7, 11) is 1.37. The Morgan fingerprint density at radius 2 is 1.80 bits per heavy atom. The molecule has 1 aliphatic rings.